The minimum atomic E-state index is -0.426. The zero-order valence-electron chi connectivity index (χ0n) is 11.7. The maximum absolute atomic E-state index is 13.6. The molecule has 0 aliphatic heterocycles. The normalized spacial score (nSPS) is 22.6. The van der Waals surface area contributed by atoms with Gasteiger partial charge in [-0.2, -0.15) is 0 Å². The molecule has 1 aromatic rings. The van der Waals surface area contributed by atoms with E-state index in [2.05, 4.69) is 0 Å². The van der Waals surface area contributed by atoms with Gasteiger partial charge in [-0.05, 0) is 50.3 Å². The van der Waals surface area contributed by atoms with Crippen molar-refractivity contribution in [2.24, 2.45) is 0 Å². The smallest absolute Gasteiger partial charge is 0.255 e. The summed E-state index contributed by atoms with van der Waals surface area (Å²) >= 11 is 6.05. The summed E-state index contributed by atoms with van der Waals surface area (Å²) in [7, 11) is 1.71. The molecule has 0 heterocycles. The lowest BCUT2D eigenvalue weighted by Crippen LogP contribution is -2.40. The van der Waals surface area contributed by atoms with Gasteiger partial charge in [0.2, 0.25) is 0 Å². The highest BCUT2D eigenvalue weighted by Gasteiger charge is 2.27. The molecule has 1 saturated carbocycles. The van der Waals surface area contributed by atoms with Crippen LogP contribution in [0.2, 0.25) is 5.02 Å². The van der Waals surface area contributed by atoms with Gasteiger partial charge in [0.15, 0.2) is 0 Å². The van der Waals surface area contributed by atoms with E-state index in [1.54, 1.807) is 18.9 Å². The zero-order valence-corrected chi connectivity index (χ0v) is 12.5. The van der Waals surface area contributed by atoms with E-state index in [4.69, 9.17) is 11.6 Å². The molecule has 1 amide bonds. The second-order valence-corrected chi connectivity index (χ2v) is 5.87. The van der Waals surface area contributed by atoms with E-state index in [1.165, 1.54) is 12.1 Å². The van der Waals surface area contributed by atoms with Gasteiger partial charge in [-0.3, -0.25) is 4.79 Å². The first-order valence-corrected chi connectivity index (χ1v) is 7.18. The fourth-order valence-corrected chi connectivity index (χ4v) is 2.91. The van der Waals surface area contributed by atoms with Gasteiger partial charge in [0, 0.05) is 13.1 Å². The molecule has 0 aromatic heterocycles. The first-order chi connectivity index (χ1) is 9.40. The molecule has 1 fully saturated rings. The lowest BCUT2D eigenvalue weighted by Gasteiger charge is -2.33. The predicted octanol–water partition coefficient (Wildman–Crippen LogP) is 3.16. The van der Waals surface area contributed by atoms with Crippen LogP contribution in [0.1, 0.15) is 41.6 Å². The average molecular weight is 300 g/mol. The summed E-state index contributed by atoms with van der Waals surface area (Å²) in [5, 5.41) is 9.78. The van der Waals surface area contributed by atoms with E-state index in [-0.39, 0.29) is 28.6 Å². The van der Waals surface area contributed by atoms with Gasteiger partial charge in [-0.1, -0.05) is 11.6 Å². The molecule has 0 saturated heterocycles. The van der Waals surface area contributed by atoms with Crippen LogP contribution in [-0.2, 0) is 0 Å². The number of hydrogen-bond donors (Lipinski definition) is 1. The van der Waals surface area contributed by atoms with Crippen molar-refractivity contribution >= 4 is 17.5 Å². The summed E-state index contributed by atoms with van der Waals surface area (Å²) in [5.41, 5.74) is 0.624. The summed E-state index contributed by atoms with van der Waals surface area (Å²) < 4.78 is 13.6. The third kappa shape index (κ3) is 3.13. The maximum atomic E-state index is 13.6. The highest BCUT2D eigenvalue weighted by molar-refractivity contribution is 6.33. The number of carbonyl (C=O) groups excluding carboxylic acids is 1. The van der Waals surface area contributed by atoms with Gasteiger partial charge in [0.1, 0.15) is 5.82 Å². The molecule has 0 radical (unpaired) electrons. The Morgan fingerprint density at radius 3 is 2.55 bits per heavy atom. The minimum absolute atomic E-state index is 0.0753. The van der Waals surface area contributed by atoms with E-state index in [0.29, 0.717) is 18.4 Å². The topological polar surface area (TPSA) is 40.5 Å². The van der Waals surface area contributed by atoms with Crippen molar-refractivity contribution in [3.63, 3.8) is 0 Å². The Morgan fingerprint density at radius 2 is 1.95 bits per heavy atom. The van der Waals surface area contributed by atoms with Crippen LogP contribution in [-0.4, -0.2) is 35.1 Å². The first-order valence-electron chi connectivity index (χ1n) is 6.81. The molecule has 1 aliphatic rings. The van der Waals surface area contributed by atoms with Crippen LogP contribution in [0.4, 0.5) is 4.39 Å². The van der Waals surface area contributed by atoms with Crippen molar-refractivity contribution in [3.8, 4) is 0 Å². The van der Waals surface area contributed by atoms with E-state index < -0.39 is 5.82 Å². The molecule has 0 bridgehead atoms. The molecule has 1 aromatic carbocycles. The number of nitrogens with zero attached hydrogens (tertiary/aromatic N) is 1. The van der Waals surface area contributed by atoms with Gasteiger partial charge in [0.25, 0.3) is 5.91 Å². The summed E-state index contributed by atoms with van der Waals surface area (Å²) in [6, 6.07) is 2.75. The molecule has 0 atom stereocenters. The van der Waals surface area contributed by atoms with Crippen LogP contribution in [0.5, 0.6) is 0 Å². The van der Waals surface area contributed by atoms with Gasteiger partial charge < -0.3 is 10.0 Å². The Hall–Kier alpha value is -1.13. The number of aliphatic hydroxyl groups excluding tert-OH is 1. The fraction of sp³-hybridized carbons (Fsp3) is 0.533. The van der Waals surface area contributed by atoms with E-state index in [9.17, 15) is 14.3 Å². The zero-order chi connectivity index (χ0) is 14.9. The Balaban J connectivity index is 2.16. The van der Waals surface area contributed by atoms with Crippen LogP contribution in [0.15, 0.2) is 12.1 Å². The third-order valence-electron chi connectivity index (χ3n) is 4.01. The second-order valence-electron chi connectivity index (χ2n) is 5.46. The van der Waals surface area contributed by atoms with Crippen molar-refractivity contribution in [1.29, 1.82) is 0 Å². The van der Waals surface area contributed by atoms with Crippen LogP contribution in [0.25, 0.3) is 0 Å². The van der Waals surface area contributed by atoms with Crippen LogP contribution >= 0.6 is 11.6 Å². The van der Waals surface area contributed by atoms with E-state index in [0.717, 1.165) is 12.8 Å². The molecule has 2 rings (SSSR count). The Bertz CT molecular complexity index is 513. The highest BCUT2D eigenvalue weighted by Crippen LogP contribution is 2.26. The van der Waals surface area contributed by atoms with Crippen molar-refractivity contribution in [2.45, 2.75) is 44.8 Å². The number of benzene rings is 1. The third-order valence-corrected chi connectivity index (χ3v) is 4.33. The largest absolute Gasteiger partial charge is 0.393 e. The van der Waals surface area contributed by atoms with Gasteiger partial charge >= 0.3 is 0 Å². The molecule has 110 valence electrons. The van der Waals surface area contributed by atoms with Crippen molar-refractivity contribution in [1.82, 2.24) is 4.90 Å². The first kappa shape index (κ1) is 15.3. The SMILES string of the molecule is Cc1cc(Cl)c(C(=O)N(C)C2CCC(O)CC2)cc1F. The molecular formula is C15H19ClFNO2. The summed E-state index contributed by atoms with van der Waals surface area (Å²) in [6.45, 7) is 1.61. The lowest BCUT2D eigenvalue weighted by atomic mass is 9.92. The number of halogens is 2. The molecule has 20 heavy (non-hydrogen) atoms. The standard InChI is InChI=1S/C15H19ClFNO2/c1-9-7-13(16)12(8-14(9)17)15(20)18(2)10-3-5-11(19)6-4-10/h7-8,10-11,19H,3-6H2,1-2H3. The highest BCUT2D eigenvalue weighted by atomic mass is 35.5. The number of hydrogen-bond acceptors (Lipinski definition) is 2. The average Bonchev–Trinajstić information content (AvgIpc) is 2.42. The van der Waals surface area contributed by atoms with Gasteiger partial charge in [-0.15, -0.1) is 0 Å². The summed E-state index contributed by atoms with van der Waals surface area (Å²) in [5.74, 6) is -0.694. The number of amides is 1. The number of rotatable bonds is 2. The number of carbonyl (C=O) groups is 1. The summed E-state index contributed by atoms with van der Waals surface area (Å²) in [4.78, 5) is 14.0. The van der Waals surface area contributed by atoms with Crippen molar-refractivity contribution in [2.75, 3.05) is 7.05 Å². The quantitative estimate of drug-likeness (QED) is 0.911. The maximum Gasteiger partial charge on any atom is 0.255 e. The fourth-order valence-electron chi connectivity index (χ4n) is 2.61. The summed E-state index contributed by atoms with van der Waals surface area (Å²) in [6.07, 6.45) is 2.64. The second kappa shape index (κ2) is 6.10. The lowest BCUT2D eigenvalue weighted by molar-refractivity contribution is 0.0569. The van der Waals surface area contributed by atoms with Gasteiger partial charge in [0.05, 0.1) is 16.7 Å². The number of aliphatic hydroxyl groups is 1. The number of aryl methyl sites for hydroxylation is 1. The van der Waals surface area contributed by atoms with E-state index in [1.807, 2.05) is 0 Å². The minimum Gasteiger partial charge on any atom is -0.393 e. The Kier molecular flexibility index (Phi) is 4.66. The van der Waals surface area contributed by atoms with Crippen LogP contribution < -0.4 is 0 Å². The van der Waals surface area contributed by atoms with Crippen molar-refractivity contribution in [3.05, 3.63) is 34.1 Å². The van der Waals surface area contributed by atoms with Crippen LogP contribution in [0, 0.1) is 12.7 Å². The molecule has 1 aliphatic carbocycles. The molecule has 3 nitrogen and oxygen atoms in total. The molecule has 1 N–H and O–H groups in total. The predicted molar refractivity (Wildman–Crippen MR) is 76.5 cm³/mol. The van der Waals surface area contributed by atoms with Gasteiger partial charge in [-0.25, -0.2) is 4.39 Å². The Morgan fingerprint density at radius 1 is 1.35 bits per heavy atom. The molecule has 0 unspecified atom stereocenters. The van der Waals surface area contributed by atoms with E-state index >= 15 is 0 Å². The molecular weight excluding hydrogens is 281 g/mol. The van der Waals surface area contributed by atoms with Crippen molar-refractivity contribution < 1.29 is 14.3 Å². The Labute approximate surface area is 123 Å². The molecule has 5 heteroatoms. The monoisotopic (exact) mass is 299 g/mol. The molecule has 0 spiro atoms. The van der Waals surface area contributed by atoms with Crippen LogP contribution in [0.3, 0.4) is 0 Å².